The number of nitrogens with two attached hydrogens (primary N) is 1. The quantitative estimate of drug-likeness (QED) is 0.721. The van der Waals surface area contributed by atoms with Crippen LogP contribution < -0.4 is 11.1 Å². The van der Waals surface area contributed by atoms with E-state index in [9.17, 15) is 14.4 Å². The van der Waals surface area contributed by atoms with E-state index in [4.69, 9.17) is 10.8 Å². The van der Waals surface area contributed by atoms with Crippen molar-refractivity contribution in [2.45, 2.75) is 25.8 Å². The average molecular weight is 343 g/mol. The number of carbonyl (C=O) groups is 3. The highest BCUT2D eigenvalue weighted by atomic mass is 79.9. The van der Waals surface area contributed by atoms with Gasteiger partial charge in [-0.3, -0.25) is 9.59 Å². The van der Waals surface area contributed by atoms with Crippen LogP contribution in [0.2, 0.25) is 0 Å². The molecular formula is C13H15BrN2O4. The number of carboxylic acid groups (broad SMARTS) is 1. The molecule has 20 heavy (non-hydrogen) atoms. The maximum atomic E-state index is 12.1. The maximum Gasteiger partial charge on any atom is 0.326 e. The minimum absolute atomic E-state index is 0.0382. The van der Waals surface area contributed by atoms with Crippen LogP contribution in [0, 0.1) is 6.92 Å². The summed E-state index contributed by atoms with van der Waals surface area (Å²) in [6.45, 7) is 1.75. The van der Waals surface area contributed by atoms with Crippen LogP contribution in [0.25, 0.3) is 0 Å². The van der Waals surface area contributed by atoms with Crippen LogP contribution in [0.15, 0.2) is 22.7 Å². The molecular weight excluding hydrogens is 328 g/mol. The summed E-state index contributed by atoms with van der Waals surface area (Å²) in [6, 6.07) is 4.00. The van der Waals surface area contributed by atoms with Crippen molar-refractivity contribution < 1.29 is 19.5 Å². The topological polar surface area (TPSA) is 109 Å². The van der Waals surface area contributed by atoms with Crippen molar-refractivity contribution in [3.05, 3.63) is 33.8 Å². The van der Waals surface area contributed by atoms with Gasteiger partial charge in [-0.15, -0.1) is 0 Å². The Morgan fingerprint density at radius 1 is 1.40 bits per heavy atom. The van der Waals surface area contributed by atoms with Gasteiger partial charge < -0.3 is 16.2 Å². The first-order valence-electron chi connectivity index (χ1n) is 5.89. The zero-order valence-corrected chi connectivity index (χ0v) is 12.4. The molecule has 0 radical (unpaired) electrons. The van der Waals surface area contributed by atoms with Gasteiger partial charge in [0.05, 0.1) is 0 Å². The summed E-state index contributed by atoms with van der Waals surface area (Å²) in [7, 11) is 0. The zero-order valence-electron chi connectivity index (χ0n) is 10.9. The number of nitrogens with one attached hydrogen (secondary N) is 1. The molecule has 7 heteroatoms. The summed E-state index contributed by atoms with van der Waals surface area (Å²) in [5, 5.41) is 11.4. The molecule has 0 saturated heterocycles. The summed E-state index contributed by atoms with van der Waals surface area (Å²) in [5.41, 5.74) is 6.08. The van der Waals surface area contributed by atoms with Gasteiger partial charge in [0.15, 0.2) is 0 Å². The fourth-order valence-corrected chi connectivity index (χ4v) is 1.98. The highest BCUT2D eigenvalue weighted by Crippen LogP contribution is 2.16. The number of hydrogen-bond acceptors (Lipinski definition) is 3. The average Bonchev–Trinajstić information content (AvgIpc) is 2.36. The number of aryl methyl sites for hydroxylation is 1. The predicted octanol–water partition coefficient (Wildman–Crippen LogP) is 1.21. The van der Waals surface area contributed by atoms with Crippen LogP contribution in [-0.4, -0.2) is 28.9 Å². The molecule has 1 atom stereocenters. The van der Waals surface area contributed by atoms with Crippen LogP contribution in [0.4, 0.5) is 0 Å². The first kappa shape index (κ1) is 16.2. The van der Waals surface area contributed by atoms with E-state index in [-0.39, 0.29) is 12.8 Å². The van der Waals surface area contributed by atoms with Crippen molar-refractivity contribution in [3.8, 4) is 0 Å². The number of carbonyl (C=O) groups excluding carboxylic acids is 2. The normalized spacial score (nSPS) is 11.7. The molecule has 0 aliphatic carbocycles. The highest BCUT2D eigenvalue weighted by molar-refractivity contribution is 9.10. The van der Waals surface area contributed by atoms with Crippen LogP contribution >= 0.6 is 15.9 Å². The molecule has 0 saturated carbocycles. The highest BCUT2D eigenvalue weighted by Gasteiger charge is 2.22. The molecule has 0 spiro atoms. The van der Waals surface area contributed by atoms with E-state index in [1.54, 1.807) is 25.1 Å². The van der Waals surface area contributed by atoms with Gasteiger partial charge in [0, 0.05) is 16.5 Å². The Morgan fingerprint density at radius 2 is 2.05 bits per heavy atom. The van der Waals surface area contributed by atoms with E-state index in [0.717, 1.165) is 10.0 Å². The van der Waals surface area contributed by atoms with Crippen molar-refractivity contribution in [2.24, 2.45) is 5.73 Å². The minimum Gasteiger partial charge on any atom is -0.480 e. The number of benzene rings is 1. The fourth-order valence-electron chi connectivity index (χ4n) is 1.62. The minimum atomic E-state index is -1.20. The molecule has 1 unspecified atom stereocenters. The Bertz CT molecular complexity index is 545. The lowest BCUT2D eigenvalue weighted by molar-refractivity contribution is -0.139. The lowest BCUT2D eigenvalue weighted by Crippen LogP contribution is -2.41. The lowest BCUT2D eigenvalue weighted by Gasteiger charge is -2.15. The first-order chi connectivity index (χ1) is 9.31. The summed E-state index contributed by atoms with van der Waals surface area (Å²) in [5.74, 6) is -2.31. The third-order valence-corrected chi connectivity index (χ3v) is 3.22. The van der Waals surface area contributed by atoms with Gasteiger partial charge >= 0.3 is 5.97 Å². The van der Waals surface area contributed by atoms with Crippen LogP contribution in [0.3, 0.4) is 0 Å². The van der Waals surface area contributed by atoms with E-state index in [1.807, 2.05) is 0 Å². The molecule has 0 aliphatic heterocycles. The monoisotopic (exact) mass is 342 g/mol. The molecule has 6 nitrogen and oxygen atoms in total. The molecule has 0 aromatic heterocycles. The molecule has 1 rings (SSSR count). The number of amides is 2. The largest absolute Gasteiger partial charge is 0.480 e. The Morgan fingerprint density at radius 3 is 2.60 bits per heavy atom. The van der Waals surface area contributed by atoms with E-state index >= 15 is 0 Å². The van der Waals surface area contributed by atoms with Crippen molar-refractivity contribution >= 4 is 33.7 Å². The Labute approximate surface area is 124 Å². The van der Waals surface area contributed by atoms with Crippen molar-refractivity contribution in [1.29, 1.82) is 0 Å². The molecule has 0 heterocycles. The molecule has 0 aliphatic rings. The second-order valence-electron chi connectivity index (χ2n) is 4.33. The maximum absolute atomic E-state index is 12.1. The summed E-state index contributed by atoms with van der Waals surface area (Å²) >= 11 is 3.25. The summed E-state index contributed by atoms with van der Waals surface area (Å²) in [4.78, 5) is 33.8. The van der Waals surface area contributed by atoms with E-state index in [2.05, 4.69) is 21.2 Å². The van der Waals surface area contributed by atoms with E-state index in [0.29, 0.717) is 5.56 Å². The Kier molecular flexibility index (Phi) is 5.69. The van der Waals surface area contributed by atoms with Gasteiger partial charge in [-0.1, -0.05) is 22.0 Å². The second-order valence-corrected chi connectivity index (χ2v) is 5.24. The molecule has 1 aromatic carbocycles. The third kappa shape index (κ3) is 4.65. The van der Waals surface area contributed by atoms with Crippen molar-refractivity contribution in [3.63, 3.8) is 0 Å². The van der Waals surface area contributed by atoms with Gasteiger partial charge in [0.1, 0.15) is 6.04 Å². The van der Waals surface area contributed by atoms with E-state index < -0.39 is 23.8 Å². The van der Waals surface area contributed by atoms with Gasteiger partial charge in [0.2, 0.25) is 5.91 Å². The van der Waals surface area contributed by atoms with Gasteiger partial charge in [-0.05, 0) is 31.0 Å². The molecule has 4 N–H and O–H groups in total. The van der Waals surface area contributed by atoms with Gasteiger partial charge in [-0.25, -0.2) is 4.79 Å². The summed E-state index contributed by atoms with van der Waals surface area (Å²) in [6.07, 6.45) is -0.141. The van der Waals surface area contributed by atoms with Crippen LogP contribution in [-0.2, 0) is 9.59 Å². The standard InChI is InChI=1S/C13H15BrN2O4/c1-7-2-3-8(14)6-9(7)12(18)16-10(13(19)20)4-5-11(15)17/h2-3,6,10H,4-5H2,1H3,(H2,15,17)(H,16,18)(H,19,20). The SMILES string of the molecule is Cc1ccc(Br)cc1C(=O)NC(CCC(N)=O)C(=O)O. The molecule has 1 aromatic rings. The number of primary amides is 1. The molecule has 108 valence electrons. The molecule has 0 bridgehead atoms. The smallest absolute Gasteiger partial charge is 0.326 e. The Hall–Kier alpha value is -1.89. The molecule has 0 fully saturated rings. The van der Waals surface area contributed by atoms with Gasteiger partial charge in [0.25, 0.3) is 5.91 Å². The molecule has 2 amide bonds. The number of rotatable bonds is 6. The lowest BCUT2D eigenvalue weighted by atomic mass is 10.1. The first-order valence-corrected chi connectivity index (χ1v) is 6.68. The third-order valence-electron chi connectivity index (χ3n) is 2.73. The van der Waals surface area contributed by atoms with Crippen molar-refractivity contribution in [2.75, 3.05) is 0 Å². The second kappa shape index (κ2) is 7.04. The van der Waals surface area contributed by atoms with E-state index in [1.165, 1.54) is 0 Å². The number of carboxylic acids is 1. The summed E-state index contributed by atoms with van der Waals surface area (Å²) < 4.78 is 0.720. The van der Waals surface area contributed by atoms with Crippen LogP contribution in [0.5, 0.6) is 0 Å². The number of hydrogen-bond donors (Lipinski definition) is 3. The van der Waals surface area contributed by atoms with Crippen molar-refractivity contribution in [1.82, 2.24) is 5.32 Å². The van der Waals surface area contributed by atoms with Crippen LogP contribution in [0.1, 0.15) is 28.8 Å². The number of halogens is 1. The zero-order chi connectivity index (χ0) is 15.3. The number of aliphatic carboxylic acids is 1. The Balaban J connectivity index is 2.82. The van der Waals surface area contributed by atoms with Gasteiger partial charge in [-0.2, -0.15) is 0 Å². The fraction of sp³-hybridized carbons (Fsp3) is 0.308. The predicted molar refractivity (Wildman–Crippen MR) is 76.2 cm³/mol.